The zero-order chi connectivity index (χ0) is 20.6. The van der Waals surface area contributed by atoms with Crippen LogP contribution in [0, 0.1) is 0 Å². The lowest BCUT2D eigenvalue weighted by atomic mass is 10.0. The second-order valence-corrected chi connectivity index (χ2v) is 7.99. The molecule has 1 N–H and O–H groups in total. The molecule has 0 saturated heterocycles. The van der Waals surface area contributed by atoms with E-state index in [1.807, 2.05) is 45.0 Å². The Kier molecular flexibility index (Phi) is 4.87. The highest BCUT2D eigenvalue weighted by molar-refractivity contribution is 6.28. The number of nitrogens with one attached hydrogen (secondary N) is 1. The Labute approximate surface area is 172 Å². The molecule has 4 rings (SSSR count). The van der Waals surface area contributed by atoms with Gasteiger partial charge in [0.05, 0.1) is 12.8 Å². The van der Waals surface area contributed by atoms with Crippen molar-refractivity contribution in [3.8, 4) is 0 Å². The first-order chi connectivity index (χ1) is 13.8. The lowest BCUT2D eigenvalue weighted by Gasteiger charge is -2.23. The number of furan rings is 1. The molecule has 1 unspecified atom stereocenters. The second kappa shape index (κ2) is 7.36. The van der Waals surface area contributed by atoms with Crippen molar-refractivity contribution in [2.75, 3.05) is 11.9 Å². The Morgan fingerprint density at radius 1 is 1.24 bits per heavy atom. The van der Waals surface area contributed by atoms with E-state index in [1.165, 1.54) is 5.01 Å². The summed E-state index contributed by atoms with van der Waals surface area (Å²) in [7, 11) is 0. The van der Waals surface area contributed by atoms with Crippen LogP contribution < -0.4 is 5.32 Å². The Balaban J connectivity index is 1.44. The topological polar surface area (TPSA) is 92.8 Å². The van der Waals surface area contributed by atoms with Gasteiger partial charge in [-0.2, -0.15) is 15.1 Å². The van der Waals surface area contributed by atoms with Gasteiger partial charge in [-0.1, -0.05) is 12.1 Å². The van der Waals surface area contributed by atoms with Gasteiger partial charge in [-0.15, -0.1) is 0 Å². The van der Waals surface area contributed by atoms with Gasteiger partial charge in [0.25, 0.3) is 0 Å². The number of halogens is 1. The highest BCUT2D eigenvalue weighted by Gasteiger charge is 2.28. The molecule has 0 fully saturated rings. The second-order valence-electron chi connectivity index (χ2n) is 7.66. The van der Waals surface area contributed by atoms with Crippen LogP contribution in [0.15, 0.2) is 46.1 Å². The van der Waals surface area contributed by atoms with Crippen LogP contribution in [0.4, 0.5) is 16.3 Å². The Bertz CT molecular complexity index is 1070. The number of hydrogen-bond donors (Lipinski definition) is 1. The van der Waals surface area contributed by atoms with Crippen molar-refractivity contribution in [3.63, 3.8) is 0 Å². The van der Waals surface area contributed by atoms with Crippen molar-refractivity contribution in [1.29, 1.82) is 0 Å². The van der Waals surface area contributed by atoms with E-state index in [4.69, 9.17) is 20.8 Å². The van der Waals surface area contributed by atoms with E-state index in [9.17, 15) is 4.79 Å². The fourth-order valence-corrected chi connectivity index (χ4v) is 3.12. The molecule has 1 aromatic carbocycles. The summed E-state index contributed by atoms with van der Waals surface area (Å²) >= 11 is 5.98. The third kappa shape index (κ3) is 4.32. The van der Waals surface area contributed by atoms with Gasteiger partial charge in [-0.3, -0.25) is 0 Å². The monoisotopic (exact) mass is 413 g/mol. The van der Waals surface area contributed by atoms with Gasteiger partial charge in [0.2, 0.25) is 5.28 Å². The van der Waals surface area contributed by atoms with Crippen molar-refractivity contribution < 1.29 is 13.9 Å². The summed E-state index contributed by atoms with van der Waals surface area (Å²) in [4.78, 5) is 20.5. The minimum absolute atomic E-state index is 0.00171. The summed E-state index contributed by atoms with van der Waals surface area (Å²) in [6.45, 7) is 5.93. The number of carbonyl (C=O) groups excluding carboxylic acids is 1. The fraction of sp³-hybridized carbons (Fsp3) is 0.300. The third-order valence-electron chi connectivity index (χ3n) is 4.24. The number of hydrogen-bond acceptors (Lipinski definition) is 7. The highest BCUT2D eigenvalue weighted by atomic mass is 35.5. The molecule has 3 heterocycles. The van der Waals surface area contributed by atoms with Crippen LogP contribution in [0.2, 0.25) is 5.28 Å². The van der Waals surface area contributed by atoms with Crippen LogP contribution in [0.3, 0.4) is 0 Å². The Hall–Kier alpha value is -3.13. The Morgan fingerprint density at radius 3 is 2.72 bits per heavy atom. The number of rotatable bonds is 3. The molecular formula is C20H20ClN5O3. The van der Waals surface area contributed by atoms with Crippen LogP contribution in [-0.2, 0) is 4.74 Å². The molecular weight excluding hydrogens is 394 g/mol. The molecule has 9 heteroatoms. The maximum Gasteiger partial charge on any atom is 0.430 e. The first-order valence-corrected chi connectivity index (χ1v) is 9.49. The molecule has 1 aliphatic rings. The zero-order valence-electron chi connectivity index (χ0n) is 16.2. The number of aromatic nitrogens is 2. The number of amides is 1. The van der Waals surface area contributed by atoms with Gasteiger partial charge in [-0.05, 0) is 50.1 Å². The third-order valence-corrected chi connectivity index (χ3v) is 4.41. The van der Waals surface area contributed by atoms with Crippen molar-refractivity contribution in [1.82, 2.24) is 15.0 Å². The number of carbonyl (C=O) groups is 1. The van der Waals surface area contributed by atoms with Gasteiger partial charge in [0, 0.05) is 23.9 Å². The van der Waals surface area contributed by atoms with Crippen molar-refractivity contribution in [2.45, 2.75) is 32.3 Å². The van der Waals surface area contributed by atoms with Crippen molar-refractivity contribution in [2.24, 2.45) is 5.10 Å². The molecule has 3 aromatic rings. The average Bonchev–Trinajstić information content (AvgIpc) is 3.30. The summed E-state index contributed by atoms with van der Waals surface area (Å²) < 4.78 is 10.8. The molecule has 150 valence electrons. The number of anilines is 2. The molecule has 0 saturated carbocycles. The largest absolute Gasteiger partial charge is 0.459 e. The minimum atomic E-state index is -0.554. The van der Waals surface area contributed by atoms with E-state index in [-0.39, 0.29) is 11.2 Å². The van der Waals surface area contributed by atoms with E-state index < -0.39 is 11.7 Å². The lowest BCUT2D eigenvalue weighted by Crippen LogP contribution is -2.33. The van der Waals surface area contributed by atoms with Crippen molar-refractivity contribution >= 4 is 46.5 Å². The summed E-state index contributed by atoms with van der Waals surface area (Å²) in [5.41, 5.74) is 2.47. The summed E-state index contributed by atoms with van der Waals surface area (Å²) in [5, 5.41) is 8.86. The molecule has 8 nitrogen and oxygen atoms in total. The zero-order valence-corrected chi connectivity index (χ0v) is 17.0. The summed E-state index contributed by atoms with van der Waals surface area (Å²) in [5.74, 6) is 0.498. The average molecular weight is 414 g/mol. The molecule has 29 heavy (non-hydrogen) atoms. The molecule has 0 spiro atoms. The van der Waals surface area contributed by atoms with Crippen LogP contribution in [-0.4, -0.2) is 39.4 Å². The van der Waals surface area contributed by atoms with Crippen molar-refractivity contribution in [3.05, 3.63) is 47.4 Å². The first-order valence-electron chi connectivity index (χ1n) is 9.11. The molecule has 0 bridgehead atoms. The van der Waals surface area contributed by atoms with E-state index in [1.54, 1.807) is 18.5 Å². The lowest BCUT2D eigenvalue weighted by molar-refractivity contribution is 0.0271. The van der Waals surface area contributed by atoms with Gasteiger partial charge >= 0.3 is 6.09 Å². The predicted octanol–water partition coefficient (Wildman–Crippen LogP) is 4.94. The van der Waals surface area contributed by atoms with E-state index >= 15 is 0 Å². The number of hydrazone groups is 1. The number of nitrogens with zero attached hydrogens (tertiary/aromatic N) is 4. The predicted molar refractivity (Wildman–Crippen MR) is 111 cm³/mol. The van der Waals surface area contributed by atoms with Gasteiger partial charge in [0.1, 0.15) is 11.1 Å². The summed E-state index contributed by atoms with van der Waals surface area (Å²) in [6, 6.07) is 9.51. The molecule has 2 aromatic heterocycles. The van der Waals surface area contributed by atoms with Crippen LogP contribution in [0.5, 0.6) is 0 Å². The SMILES string of the molecule is CC(C)(C)OC(=O)N1CC(c2ccc(Nc3nc(Cl)nc4ccoc34)cc2)C=N1. The Morgan fingerprint density at radius 2 is 2.00 bits per heavy atom. The summed E-state index contributed by atoms with van der Waals surface area (Å²) in [6.07, 6.45) is 2.85. The van der Waals surface area contributed by atoms with E-state index in [2.05, 4.69) is 20.4 Å². The molecule has 0 aliphatic carbocycles. The standard InChI is InChI=1S/C20H20ClN5O3/c1-20(2,3)29-19(27)26-11-13(10-22-26)12-4-6-14(7-5-12)23-17-16-15(8-9-28-16)24-18(21)25-17/h4-10,13H,11H2,1-3H3,(H,23,24,25). The maximum absolute atomic E-state index is 12.2. The highest BCUT2D eigenvalue weighted by Crippen LogP contribution is 2.28. The minimum Gasteiger partial charge on any atom is -0.459 e. The molecule has 1 aliphatic heterocycles. The fourth-order valence-electron chi connectivity index (χ4n) is 2.94. The molecule has 1 amide bonds. The maximum atomic E-state index is 12.2. The quantitative estimate of drug-likeness (QED) is 0.611. The van der Waals surface area contributed by atoms with E-state index in [0.29, 0.717) is 23.5 Å². The van der Waals surface area contributed by atoms with Gasteiger partial charge in [-0.25, -0.2) is 9.78 Å². The first kappa shape index (κ1) is 19.2. The number of fused-ring (bicyclic) bond motifs is 1. The van der Waals surface area contributed by atoms with Crippen LogP contribution >= 0.6 is 11.6 Å². The smallest absolute Gasteiger partial charge is 0.430 e. The van der Waals surface area contributed by atoms with Gasteiger partial charge in [0.15, 0.2) is 11.4 Å². The van der Waals surface area contributed by atoms with Crippen LogP contribution in [0.1, 0.15) is 32.3 Å². The molecule has 1 atom stereocenters. The van der Waals surface area contributed by atoms with Crippen LogP contribution in [0.25, 0.3) is 11.1 Å². The normalized spacial score (nSPS) is 16.4. The number of ether oxygens (including phenoxy) is 1. The van der Waals surface area contributed by atoms with E-state index in [0.717, 1.165) is 11.3 Å². The molecule has 0 radical (unpaired) electrons. The van der Waals surface area contributed by atoms with Gasteiger partial charge < -0.3 is 14.5 Å². The number of benzene rings is 1.